The lowest BCUT2D eigenvalue weighted by Gasteiger charge is -2.23. The fraction of sp³-hybridized carbons (Fsp3) is 0.208. The lowest BCUT2D eigenvalue weighted by molar-refractivity contribution is 0.0684. The Balaban J connectivity index is 1.86. The summed E-state index contributed by atoms with van der Waals surface area (Å²) in [5.41, 5.74) is 3.25. The quantitative estimate of drug-likeness (QED) is 0.518. The van der Waals surface area contributed by atoms with Crippen LogP contribution in [0.3, 0.4) is 0 Å². The van der Waals surface area contributed by atoms with Gasteiger partial charge in [0.2, 0.25) is 0 Å². The molecular formula is C24H23FN4O2. The molecule has 7 heteroatoms. The van der Waals surface area contributed by atoms with E-state index in [0.717, 1.165) is 11.1 Å². The second-order valence-corrected chi connectivity index (χ2v) is 7.54. The number of amides is 1. The summed E-state index contributed by atoms with van der Waals surface area (Å²) in [5, 5.41) is 14.5. The number of aliphatic hydroxyl groups excluding tert-OH is 1. The Kier molecular flexibility index (Phi) is 5.77. The van der Waals surface area contributed by atoms with Gasteiger partial charge in [-0.2, -0.15) is 5.10 Å². The largest absolute Gasteiger partial charge is 0.394 e. The Labute approximate surface area is 179 Å². The van der Waals surface area contributed by atoms with E-state index >= 15 is 0 Å². The first-order valence-electron chi connectivity index (χ1n) is 10.0. The molecule has 31 heavy (non-hydrogen) atoms. The highest BCUT2D eigenvalue weighted by Gasteiger charge is 2.22. The molecule has 1 N–H and O–H groups in total. The average molecular weight is 418 g/mol. The molecule has 0 saturated heterocycles. The number of benzene rings is 2. The Morgan fingerprint density at radius 1 is 1.16 bits per heavy atom. The van der Waals surface area contributed by atoms with Crippen molar-refractivity contribution >= 4 is 16.9 Å². The fourth-order valence-corrected chi connectivity index (χ4v) is 3.42. The number of halogens is 1. The normalized spacial score (nSPS) is 12.1. The predicted octanol–water partition coefficient (Wildman–Crippen LogP) is 3.74. The molecule has 4 rings (SSSR count). The second-order valence-electron chi connectivity index (χ2n) is 7.54. The van der Waals surface area contributed by atoms with Crippen LogP contribution in [0.25, 0.3) is 22.3 Å². The zero-order valence-electron chi connectivity index (χ0n) is 17.4. The minimum atomic E-state index is -0.335. The Hall–Kier alpha value is -3.58. The molecule has 2 heterocycles. The van der Waals surface area contributed by atoms with Gasteiger partial charge in [-0.3, -0.25) is 4.79 Å². The van der Waals surface area contributed by atoms with E-state index in [-0.39, 0.29) is 24.4 Å². The van der Waals surface area contributed by atoms with E-state index in [1.54, 1.807) is 37.0 Å². The summed E-state index contributed by atoms with van der Waals surface area (Å²) in [4.78, 5) is 19.5. The van der Waals surface area contributed by atoms with Crippen LogP contribution in [0, 0.1) is 5.82 Å². The van der Waals surface area contributed by atoms with Crippen molar-refractivity contribution < 1.29 is 14.3 Å². The van der Waals surface area contributed by atoms with Gasteiger partial charge in [0.05, 0.1) is 42.0 Å². The standard InChI is InChI=1S/C24H23FN4O2/c1-16(15-30)28(2)24(31)20-12-22(18-8-4-3-5-9-18)27-23-21(20)13-26-29(23)14-17-7-6-10-19(25)11-17/h3-13,16,30H,14-15H2,1-2H3/t16-/m1/s1. The fourth-order valence-electron chi connectivity index (χ4n) is 3.42. The van der Waals surface area contributed by atoms with Crippen LogP contribution < -0.4 is 0 Å². The maximum absolute atomic E-state index is 13.6. The number of pyridine rings is 1. The minimum Gasteiger partial charge on any atom is -0.394 e. The van der Waals surface area contributed by atoms with Crippen molar-refractivity contribution in [2.45, 2.75) is 19.5 Å². The van der Waals surface area contributed by atoms with Crippen LogP contribution in [0.2, 0.25) is 0 Å². The van der Waals surface area contributed by atoms with Crippen molar-refractivity contribution in [3.8, 4) is 11.3 Å². The van der Waals surface area contributed by atoms with Crippen molar-refractivity contribution in [1.29, 1.82) is 0 Å². The molecule has 0 spiro atoms. The molecule has 2 aromatic heterocycles. The van der Waals surface area contributed by atoms with Crippen molar-refractivity contribution in [2.75, 3.05) is 13.7 Å². The summed E-state index contributed by atoms with van der Waals surface area (Å²) in [6, 6.07) is 17.3. The number of hydrogen-bond donors (Lipinski definition) is 1. The molecule has 0 fully saturated rings. The first kappa shape index (κ1) is 20.7. The number of hydrogen-bond acceptors (Lipinski definition) is 4. The van der Waals surface area contributed by atoms with Gasteiger partial charge in [-0.25, -0.2) is 14.1 Å². The number of rotatable bonds is 6. The van der Waals surface area contributed by atoms with Gasteiger partial charge in [-0.1, -0.05) is 42.5 Å². The summed E-state index contributed by atoms with van der Waals surface area (Å²) in [6.45, 7) is 1.96. The van der Waals surface area contributed by atoms with Gasteiger partial charge < -0.3 is 10.0 Å². The number of aromatic nitrogens is 3. The lowest BCUT2D eigenvalue weighted by Crippen LogP contribution is -2.37. The Morgan fingerprint density at radius 2 is 1.94 bits per heavy atom. The zero-order chi connectivity index (χ0) is 22.0. The Morgan fingerprint density at radius 3 is 2.65 bits per heavy atom. The molecule has 158 valence electrons. The van der Waals surface area contributed by atoms with Gasteiger partial charge in [0.1, 0.15) is 5.82 Å². The van der Waals surface area contributed by atoms with Crippen molar-refractivity contribution in [2.24, 2.45) is 0 Å². The SMILES string of the molecule is C[C@H](CO)N(C)C(=O)c1cc(-c2ccccc2)nc2c1cnn2Cc1cccc(F)c1. The van der Waals surface area contributed by atoms with Crippen LogP contribution in [0.1, 0.15) is 22.8 Å². The number of nitrogens with zero attached hydrogens (tertiary/aromatic N) is 4. The highest BCUT2D eigenvalue weighted by Crippen LogP contribution is 2.26. The second kappa shape index (κ2) is 8.65. The molecule has 1 atom stereocenters. The number of carbonyl (C=O) groups is 1. The zero-order valence-corrected chi connectivity index (χ0v) is 17.4. The van der Waals surface area contributed by atoms with E-state index in [1.807, 2.05) is 36.4 Å². The molecule has 0 unspecified atom stereocenters. The highest BCUT2D eigenvalue weighted by molar-refractivity contribution is 6.06. The van der Waals surface area contributed by atoms with Gasteiger partial charge in [0, 0.05) is 12.6 Å². The van der Waals surface area contributed by atoms with E-state index in [9.17, 15) is 14.3 Å². The van der Waals surface area contributed by atoms with Crippen LogP contribution in [0.5, 0.6) is 0 Å². The van der Waals surface area contributed by atoms with Crippen LogP contribution in [0.4, 0.5) is 4.39 Å². The third-order valence-electron chi connectivity index (χ3n) is 5.38. The maximum Gasteiger partial charge on any atom is 0.254 e. The molecule has 0 bridgehead atoms. The maximum atomic E-state index is 13.6. The lowest BCUT2D eigenvalue weighted by atomic mass is 10.1. The summed E-state index contributed by atoms with van der Waals surface area (Å²) >= 11 is 0. The number of fused-ring (bicyclic) bond motifs is 1. The van der Waals surface area contributed by atoms with Gasteiger partial charge >= 0.3 is 0 Å². The molecule has 2 aromatic carbocycles. The van der Waals surface area contributed by atoms with Crippen LogP contribution >= 0.6 is 0 Å². The van der Waals surface area contributed by atoms with E-state index in [4.69, 9.17) is 4.98 Å². The number of aliphatic hydroxyl groups is 1. The number of likely N-dealkylation sites (N-methyl/N-ethyl adjacent to an activating group) is 1. The van der Waals surface area contributed by atoms with Crippen molar-refractivity contribution in [3.05, 3.63) is 83.8 Å². The number of carbonyl (C=O) groups excluding carboxylic acids is 1. The van der Waals surface area contributed by atoms with Crippen molar-refractivity contribution in [3.63, 3.8) is 0 Å². The summed E-state index contributed by atoms with van der Waals surface area (Å²) in [5.74, 6) is -0.543. The van der Waals surface area contributed by atoms with E-state index < -0.39 is 0 Å². The first-order valence-corrected chi connectivity index (χ1v) is 10.0. The molecular weight excluding hydrogens is 395 g/mol. The molecule has 4 aromatic rings. The molecule has 0 aliphatic carbocycles. The van der Waals surface area contributed by atoms with Gasteiger partial charge in [0.25, 0.3) is 5.91 Å². The van der Waals surface area contributed by atoms with Crippen LogP contribution in [-0.2, 0) is 6.54 Å². The smallest absolute Gasteiger partial charge is 0.254 e. The van der Waals surface area contributed by atoms with E-state index in [1.165, 1.54) is 17.0 Å². The van der Waals surface area contributed by atoms with E-state index in [2.05, 4.69) is 5.10 Å². The third kappa shape index (κ3) is 4.18. The van der Waals surface area contributed by atoms with Gasteiger partial charge in [-0.15, -0.1) is 0 Å². The van der Waals surface area contributed by atoms with Crippen LogP contribution in [0.15, 0.2) is 66.9 Å². The van der Waals surface area contributed by atoms with Crippen LogP contribution in [-0.4, -0.2) is 50.4 Å². The predicted molar refractivity (Wildman–Crippen MR) is 117 cm³/mol. The molecule has 0 radical (unpaired) electrons. The summed E-state index contributed by atoms with van der Waals surface area (Å²) < 4.78 is 15.3. The third-order valence-corrected chi connectivity index (χ3v) is 5.38. The Bertz CT molecular complexity index is 1220. The first-order chi connectivity index (χ1) is 15.0. The van der Waals surface area contributed by atoms with E-state index in [0.29, 0.717) is 28.8 Å². The molecule has 6 nitrogen and oxygen atoms in total. The molecule has 1 amide bonds. The summed E-state index contributed by atoms with van der Waals surface area (Å²) in [7, 11) is 1.66. The molecule has 0 aliphatic heterocycles. The van der Waals surface area contributed by atoms with Crippen molar-refractivity contribution in [1.82, 2.24) is 19.7 Å². The van der Waals surface area contributed by atoms with Gasteiger partial charge in [0.15, 0.2) is 5.65 Å². The summed E-state index contributed by atoms with van der Waals surface area (Å²) in [6.07, 6.45) is 1.61. The topological polar surface area (TPSA) is 71.2 Å². The highest BCUT2D eigenvalue weighted by atomic mass is 19.1. The molecule has 0 aliphatic rings. The average Bonchev–Trinajstić information content (AvgIpc) is 3.20. The molecule has 0 saturated carbocycles. The van der Waals surface area contributed by atoms with Gasteiger partial charge in [-0.05, 0) is 30.7 Å². The monoisotopic (exact) mass is 418 g/mol. The minimum absolute atomic E-state index is 0.138.